The molecule has 0 aromatic rings. The van der Waals surface area contributed by atoms with Crippen molar-refractivity contribution in [2.24, 2.45) is 0 Å². The van der Waals surface area contributed by atoms with E-state index in [0.717, 1.165) is 25.7 Å². The number of halogens is 1. The molecule has 0 radical (unpaired) electrons. The van der Waals surface area contributed by atoms with Gasteiger partial charge in [0.2, 0.25) is 0 Å². The van der Waals surface area contributed by atoms with Gasteiger partial charge >= 0.3 is 0 Å². The van der Waals surface area contributed by atoms with Crippen LogP contribution in [0.1, 0.15) is 25.7 Å². The quantitative estimate of drug-likeness (QED) is 0.677. The van der Waals surface area contributed by atoms with Crippen molar-refractivity contribution in [2.75, 3.05) is 13.3 Å². The summed E-state index contributed by atoms with van der Waals surface area (Å²) >= 11 is 0. The third kappa shape index (κ3) is 3.16. The van der Waals surface area contributed by atoms with Gasteiger partial charge in [-0.05, 0) is 25.7 Å². The van der Waals surface area contributed by atoms with Gasteiger partial charge in [-0.2, -0.15) is 0 Å². The van der Waals surface area contributed by atoms with E-state index in [0.29, 0.717) is 0 Å². The van der Waals surface area contributed by atoms with Crippen LogP contribution in [0.3, 0.4) is 0 Å². The number of hydrogen-bond donors (Lipinski definition) is 1. The monoisotopic (exact) mass is 162 g/mol. The zero-order valence-corrected chi connectivity index (χ0v) is 6.63. The van der Waals surface area contributed by atoms with E-state index in [1.807, 2.05) is 0 Å². The average molecular weight is 162 g/mol. The van der Waals surface area contributed by atoms with Crippen LogP contribution in [-0.4, -0.2) is 30.6 Å². The zero-order chi connectivity index (χ0) is 8.10. The third-order valence-corrected chi connectivity index (χ3v) is 2.07. The Kier molecular flexibility index (Phi) is 3.80. The molecule has 66 valence electrons. The van der Waals surface area contributed by atoms with Crippen LogP contribution < -0.4 is 0 Å². The lowest BCUT2D eigenvalue weighted by molar-refractivity contribution is -0.00752. The van der Waals surface area contributed by atoms with E-state index >= 15 is 0 Å². The van der Waals surface area contributed by atoms with Crippen LogP contribution in [0.15, 0.2) is 0 Å². The fourth-order valence-corrected chi connectivity index (χ4v) is 1.42. The first kappa shape index (κ1) is 8.94. The summed E-state index contributed by atoms with van der Waals surface area (Å²) in [6.45, 7) is -0.195. The second kappa shape index (κ2) is 4.67. The first-order chi connectivity index (χ1) is 5.33. The summed E-state index contributed by atoms with van der Waals surface area (Å²) in [5.41, 5.74) is 0. The van der Waals surface area contributed by atoms with E-state index in [1.54, 1.807) is 0 Å². The van der Waals surface area contributed by atoms with E-state index in [4.69, 9.17) is 9.84 Å². The summed E-state index contributed by atoms with van der Waals surface area (Å²) in [4.78, 5) is 0. The molecule has 0 atom stereocenters. The van der Waals surface area contributed by atoms with Crippen LogP contribution in [0.25, 0.3) is 0 Å². The second-order valence-electron chi connectivity index (χ2n) is 2.99. The van der Waals surface area contributed by atoms with Crippen molar-refractivity contribution in [3.63, 3.8) is 0 Å². The van der Waals surface area contributed by atoms with E-state index in [-0.39, 0.29) is 18.8 Å². The number of aliphatic hydroxyl groups is 1. The Bertz CT molecular complexity index is 97.5. The second-order valence-corrected chi connectivity index (χ2v) is 2.99. The summed E-state index contributed by atoms with van der Waals surface area (Å²) in [5, 5.41) is 9.12. The number of alkyl halides is 1. The smallest absolute Gasteiger partial charge is 0.113 e. The lowest BCUT2D eigenvalue weighted by atomic mass is 9.95. The van der Waals surface area contributed by atoms with Gasteiger partial charge < -0.3 is 9.84 Å². The third-order valence-electron chi connectivity index (χ3n) is 2.07. The van der Waals surface area contributed by atoms with Gasteiger partial charge in [-0.1, -0.05) is 0 Å². The molecule has 2 nitrogen and oxygen atoms in total. The number of ether oxygens (including phenoxy) is 1. The first-order valence-electron chi connectivity index (χ1n) is 4.18. The summed E-state index contributed by atoms with van der Waals surface area (Å²) in [6.07, 6.45) is 3.39. The van der Waals surface area contributed by atoms with Crippen LogP contribution in [0.5, 0.6) is 0 Å². The predicted octanol–water partition coefficient (Wildman–Crippen LogP) is 1.28. The minimum atomic E-state index is -0.404. The highest BCUT2D eigenvalue weighted by molar-refractivity contribution is 4.71. The molecule has 0 spiro atoms. The van der Waals surface area contributed by atoms with Crippen molar-refractivity contribution in [3.05, 3.63) is 0 Å². The van der Waals surface area contributed by atoms with Crippen molar-refractivity contribution >= 4 is 0 Å². The van der Waals surface area contributed by atoms with Crippen LogP contribution in [-0.2, 0) is 4.74 Å². The molecule has 1 fully saturated rings. The van der Waals surface area contributed by atoms with Crippen molar-refractivity contribution in [1.82, 2.24) is 0 Å². The number of hydrogen-bond acceptors (Lipinski definition) is 2. The van der Waals surface area contributed by atoms with Gasteiger partial charge in [-0.15, -0.1) is 0 Å². The molecule has 0 heterocycles. The number of aliphatic hydroxyl groups excluding tert-OH is 1. The summed E-state index contributed by atoms with van der Waals surface area (Å²) in [5.74, 6) is 0. The lowest BCUT2D eigenvalue weighted by Crippen LogP contribution is -2.24. The maximum atomic E-state index is 11.7. The largest absolute Gasteiger partial charge is 0.393 e. The number of rotatable bonds is 3. The molecule has 0 amide bonds. The molecular formula is C8H15FO2. The SMILES string of the molecule is OC1CCC(OCCF)CC1. The van der Waals surface area contributed by atoms with Gasteiger partial charge in [-0.25, -0.2) is 4.39 Å². The molecule has 0 aromatic heterocycles. The van der Waals surface area contributed by atoms with E-state index in [9.17, 15) is 4.39 Å². The van der Waals surface area contributed by atoms with Gasteiger partial charge in [0.15, 0.2) is 0 Å². The highest BCUT2D eigenvalue weighted by Gasteiger charge is 2.19. The topological polar surface area (TPSA) is 29.5 Å². The van der Waals surface area contributed by atoms with Gasteiger partial charge in [0.05, 0.1) is 18.8 Å². The molecule has 0 aromatic carbocycles. The molecule has 1 aliphatic carbocycles. The highest BCUT2D eigenvalue weighted by Crippen LogP contribution is 2.20. The molecule has 1 rings (SSSR count). The Morgan fingerprint density at radius 2 is 1.91 bits per heavy atom. The molecule has 0 aliphatic heterocycles. The van der Waals surface area contributed by atoms with Crippen molar-refractivity contribution < 1.29 is 14.2 Å². The Morgan fingerprint density at radius 1 is 1.27 bits per heavy atom. The zero-order valence-electron chi connectivity index (χ0n) is 6.63. The highest BCUT2D eigenvalue weighted by atomic mass is 19.1. The van der Waals surface area contributed by atoms with Crippen LogP contribution in [0.2, 0.25) is 0 Å². The molecule has 1 saturated carbocycles. The van der Waals surface area contributed by atoms with Crippen LogP contribution >= 0.6 is 0 Å². The summed E-state index contributed by atoms with van der Waals surface area (Å²) in [6, 6.07) is 0. The maximum absolute atomic E-state index is 11.7. The van der Waals surface area contributed by atoms with E-state index < -0.39 is 6.67 Å². The summed E-state index contributed by atoms with van der Waals surface area (Å²) < 4.78 is 16.8. The summed E-state index contributed by atoms with van der Waals surface area (Å²) in [7, 11) is 0. The molecular weight excluding hydrogens is 147 g/mol. The minimum Gasteiger partial charge on any atom is -0.393 e. The predicted molar refractivity (Wildman–Crippen MR) is 40.2 cm³/mol. The molecule has 1 aliphatic rings. The van der Waals surface area contributed by atoms with Gasteiger partial charge in [0.25, 0.3) is 0 Å². The van der Waals surface area contributed by atoms with E-state index in [1.165, 1.54) is 0 Å². The van der Waals surface area contributed by atoms with Crippen LogP contribution in [0, 0.1) is 0 Å². The Labute approximate surface area is 66.4 Å². The minimum absolute atomic E-state index is 0.153. The lowest BCUT2D eigenvalue weighted by Gasteiger charge is -2.24. The van der Waals surface area contributed by atoms with Gasteiger partial charge in [0, 0.05) is 0 Å². The average Bonchev–Trinajstić information content (AvgIpc) is 2.04. The molecule has 11 heavy (non-hydrogen) atoms. The fraction of sp³-hybridized carbons (Fsp3) is 1.00. The normalized spacial score (nSPS) is 32.2. The Balaban J connectivity index is 2.07. The maximum Gasteiger partial charge on any atom is 0.113 e. The Hall–Kier alpha value is -0.150. The van der Waals surface area contributed by atoms with Crippen molar-refractivity contribution in [2.45, 2.75) is 37.9 Å². The standard InChI is InChI=1S/C8H15FO2/c9-5-6-11-8-3-1-7(10)2-4-8/h7-8,10H,1-6H2. The Morgan fingerprint density at radius 3 is 2.45 bits per heavy atom. The van der Waals surface area contributed by atoms with Crippen molar-refractivity contribution in [3.8, 4) is 0 Å². The van der Waals surface area contributed by atoms with Crippen molar-refractivity contribution in [1.29, 1.82) is 0 Å². The fourth-order valence-electron chi connectivity index (χ4n) is 1.42. The molecule has 3 heteroatoms. The van der Waals surface area contributed by atoms with Gasteiger partial charge in [-0.3, -0.25) is 0 Å². The van der Waals surface area contributed by atoms with Crippen LogP contribution in [0.4, 0.5) is 4.39 Å². The van der Waals surface area contributed by atoms with Gasteiger partial charge in [0.1, 0.15) is 6.67 Å². The van der Waals surface area contributed by atoms with E-state index in [2.05, 4.69) is 0 Å². The molecule has 1 N–H and O–H groups in total. The first-order valence-corrected chi connectivity index (χ1v) is 4.18. The molecule has 0 unspecified atom stereocenters. The molecule has 0 bridgehead atoms. The molecule has 0 saturated heterocycles.